The summed E-state index contributed by atoms with van der Waals surface area (Å²) in [5.74, 6) is 0.152. The lowest BCUT2D eigenvalue weighted by molar-refractivity contribution is 0.748. The molecule has 0 amide bonds. The van der Waals surface area contributed by atoms with Gasteiger partial charge in [-0.1, -0.05) is 0 Å². The monoisotopic (exact) mass is 185 g/mol. The zero-order valence-electron chi connectivity index (χ0n) is 6.95. The molecule has 1 atom stereocenters. The molecule has 1 unspecified atom stereocenters. The maximum absolute atomic E-state index is 8.81. The molecule has 0 fully saturated rings. The van der Waals surface area contributed by atoms with Crippen molar-refractivity contribution in [3.8, 4) is 6.07 Å². The van der Waals surface area contributed by atoms with Crippen molar-refractivity contribution in [2.24, 2.45) is 0 Å². The quantitative estimate of drug-likeness (QED) is 0.618. The minimum Gasteiger partial charge on any atom is -0.198 e. The highest BCUT2D eigenvalue weighted by Gasteiger charge is 2.26. The van der Waals surface area contributed by atoms with E-state index in [0.29, 0.717) is 0 Å². The number of fused-ring (bicyclic) bond motifs is 2. The van der Waals surface area contributed by atoms with Crippen LogP contribution >= 0.6 is 11.3 Å². The van der Waals surface area contributed by atoms with Crippen molar-refractivity contribution in [1.82, 2.24) is 0 Å². The van der Waals surface area contributed by atoms with Gasteiger partial charge in [-0.25, -0.2) is 0 Å². The number of nitriles is 1. The number of nitrogens with zero attached hydrogens (tertiary/aromatic N) is 1. The number of rotatable bonds is 0. The summed E-state index contributed by atoms with van der Waals surface area (Å²) in [5.41, 5.74) is 2.61. The maximum atomic E-state index is 8.81. The molecule has 2 heteroatoms. The molecule has 1 aromatic heterocycles. The van der Waals surface area contributed by atoms with Crippen LogP contribution in [0.5, 0.6) is 0 Å². The summed E-state index contributed by atoms with van der Waals surface area (Å²) in [6.45, 7) is 0. The van der Waals surface area contributed by atoms with Gasteiger partial charge in [0.1, 0.15) is 0 Å². The highest BCUT2D eigenvalue weighted by Crippen LogP contribution is 2.38. The number of hydrogen-bond acceptors (Lipinski definition) is 2. The lowest BCUT2D eigenvalue weighted by atomic mass is 9.78. The van der Waals surface area contributed by atoms with E-state index in [-0.39, 0.29) is 5.92 Å². The van der Waals surface area contributed by atoms with E-state index in [1.807, 2.05) is 0 Å². The van der Waals surface area contributed by atoms with Crippen LogP contribution in [-0.4, -0.2) is 0 Å². The van der Waals surface area contributed by atoms with Crippen LogP contribution in [0.2, 0.25) is 0 Å². The fraction of sp³-hybridized carbons (Fsp3) is 0.182. The summed E-state index contributed by atoms with van der Waals surface area (Å²) in [4.78, 5) is 0. The van der Waals surface area contributed by atoms with Crippen LogP contribution in [0.15, 0.2) is 23.6 Å². The van der Waals surface area contributed by atoms with Gasteiger partial charge in [0.2, 0.25) is 0 Å². The van der Waals surface area contributed by atoms with E-state index >= 15 is 0 Å². The van der Waals surface area contributed by atoms with Crippen LogP contribution in [0, 0.1) is 11.3 Å². The van der Waals surface area contributed by atoms with Crippen molar-refractivity contribution in [1.29, 1.82) is 5.26 Å². The van der Waals surface area contributed by atoms with E-state index in [1.165, 1.54) is 21.2 Å². The fourth-order valence-electron chi connectivity index (χ4n) is 1.88. The normalized spacial score (nSPS) is 19.2. The Morgan fingerprint density at radius 2 is 2.38 bits per heavy atom. The third-order valence-corrected chi connectivity index (χ3v) is 3.55. The third-order valence-electron chi connectivity index (χ3n) is 2.67. The zero-order chi connectivity index (χ0) is 8.84. The van der Waals surface area contributed by atoms with Gasteiger partial charge in [-0.15, -0.1) is 11.3 Å². The predicted molar refractivity (Wildman–Crippen MR) is 53.9 cm³/mol. The van der Waals surface area contributed by atoms with Gasteiger partial charge >= 0.3 is 0 Å². The zero-order valence-corrected chi connectivity index (χ0v) is 7.77. The average Bonchev–Trinajstić information content (AvgIpc) is 2.55. The van der Waals surface area contributed by atoms with Crippen molar-refractivity contribution < 1.29 is 0 Å². The van der Waals surface area contributed by atoms with E-state index in [0.717, 1.165) is 6.42 Å². The van der Waals surface area contributed by atoms with Crippen molar-refractivity contribution >= 4 is 21.4 Å². The first-order valence-electron chi connectivity index (χ1n) is 4.28. The molecular weight excluding hydrogens is 178 g/mol. The van der Waals surface area contributed by atoms with Gasteiger partial charge in [0.05, 0.1) is 12.0 Å². The van der Waals surface area contributed by atoms with Crippen LogP contribution in [-0.2, 0) is 6.42 Å². The molecule has 0 radical (unpaired) electrons. The van der Waals surface area contributed by atoms with Crippen LogP contribution < -0.4 is 0 Å². The van der Waals surface area contributed by atoms with Crippen molar-refractivity contribution in [2.75, 3.05) is 0 Å². The number of thiophene rings is 1. The Labute approximate surface area is 80.2 Å². The molecule has 3 rings (SSSR count). The molecule has 1 aromatic carbocycles. The van der Waals surface area contributed by atoms with Gasteiger partial charge in [-0.05, 0) is 46.5 Å². The van der Waals surface area contributed by atoms with Gasteiger partial charge in [0.15, 0.2) is 0 Å². The standard InChI is InChI=1S/C11H7NS/c12-6-9-3-8-5-11-7(1-2-13-11)4-10(8)9/h1-2,4-5,9H,3H2. The van der Waals surface area contributed by atoms with E-state index in [1.54, 1.807) is 11.3 Å². The fourth-order valence-corrected chi connectivity index (χ4v) is 2.72. The van der Waals surface area contributed by atoms with Gasteiger partial charge < -0.3 is 0 Å². The molecule has 0 aliphatic heterocycles. The first-order chi connectivity index (χ1) is 6.38. The second-order valence-electron chi connectivity index (χ2n) is 3.40. The summed E-state index contributed by atoms with van der Waals surface area (Å²) in [6, 6.07) is 8.83. The topological polar surface area (TPSA) is 23.8 Å². The average molecular weight is 185 g/mol. The first kappa shape index (κ1) is 7.11. The van der Waals surface area contributed by atoms with Gasteiger partial charge in [-0.2, -0.15) is 5.26 Å². The van der Waals surface area contributed by atoms with Gasteiger partial charge in [0, 0.05) is 4.70 Å². The molecule has 1 aliphatic carbocycles. The molecule has 1 nitrogen and oxygen atoms in total. The molecule has 0 spiro atoms. The van der Waals surface area contributed by atoms with Crippen molar-refractivity contribution in [3.63, 3.8) is 0 Å². The van der Waals surface area contributed by atoms with Crippen LogP contribution in [0.25, 0.3) is 10.1 Å². The number of benzene rings is 1. The molecule has 62 valence electrons. The van der Waals surface area contributed by atoms with E-state index < -0.39 is 0 Å². The predicted octanol–water partition coefficient (Wildman–Crippen LogP) is 3.06. The van der Waals surface area contributed by atoms with E-state index in [4.69, 9.17) is 5.26 Å². The summed E-state index contributed by atoms with van der Waals surface area (Å²) in [7, 11) is 0. The van der Waals surface area contributed by atoms with Crippen molar-refractivity contribution in [2.45, 2.75) is 12.3 Å². The Bertz CT molecular complexity index is 518. The Morgan fingerprint density at radius 3 is 3.23 bits per heavy atom. The Morgan fingerprint density at radius 1 is 1.46 bits per heavy atom. The molecule has 0 bridgehead atoms. The van der Waals surface area contributed by atoms with Crippen LogP contribution in [0.3, 0.4) is 0 Å². The van der Waals surface area contributed by atoms with Crippen molar-refractivity contribution in [3.05, 3.63) is 34.7 Å². The summed E-state index contributed by atoms with van der Waals surface area (Å²) in [5, 5.41) is 12.2. The number of hydrogen-bond donors (Lipinski definition) is 0. The van der Waals surface area contributed by atoms with Crippen LogP contribution in [0.1, 0.15) is 17.0 Å². The second-order valence-corrected chi connectivity index (χ2v) is 4.34. The maximum Gasteiger partial charge on any atom is 0.0756 e. The second kappa shape index (κ2) is 2.34. The Hall–Kier alpha value is -1.33. The molecular formula is C11H7NS. The largest absolute Gasteiger partial charge is 0.198 e. The highest BCUT2D eigenvalue weighted by atomic mass is 32.1. The third kappa shape index (κ3) is 0.853. The SMILES string of the molecule is N#CC1Cc2cc3sccc3cc21. The lowest BCUT2D eigenvalue weighted by Crippen LogP contribution is -2.14. The minimum absolute atomic E-state index is 0.152. The summed E-state index contributed by atoms with van der Waals surface area (Å²) < 4.78 is 1.34. The van der Waals surface area contributed by atoms with Crippen LogP contribution in [0.4, 0.5) is 0 Å². The molecule has 0 saturated carbocycles. The lowest BCUT2D eigenvalue weighted by Gasteiger charge is -2.24. The smallest absolute Gasteiger partial charge is 0.0756 e. The summed E-state index contributed by atoms with van der Waals surface area (Å²) >= 11 is 1.77. The Balaban J connectivity index is 2.29. The minimum atomic E-state index is 0.152. The Kier molecular flexibility index (Phi) is 1.28. The van der Waals surface area contributed by atoms with E-state index in [9.17, 15) is 0 Å². The first-order valence-corrected chi connectivity index (χ1v) is 5.16. The molecule has 1 heterocycles. The highest BCUT2D eigenvalue weighted by molar-refractivity contribution is 7.17. The summed E-state index contributed by atoms with van der Waals surface area (Å²) in [6.07, 6.45) is 0.944. The molecule has 0 N–H and O–H groups in total. The van der Waals surface area contributed by atoms with Gasteiger partial charge in [0.25, 0.3) is 0 Å². The molecule has 13 heavy (non-hydrogen) atoms. The molecule has 1 aliphatic rings. The van der Waals surface area contributed by atoms with E-state index in [2.05, 4.69) is 29.6 Å². The molecule has 0 saturated heterocycles. The van der Waals surface area contributed by atoms with Gasteiger partial charge in [-0.3, -0.25) is 0 Å². The molecule has 2 aromatic rings.